The Labute approximate surface area is 113 Å². The molecule has 0 aliphatic heterocycles. The van der Waals surface area contributed by atoms with Crippen molar-refractivity contribution in [3.05, 3.63) is 21.0 Å². The number of aliphatic hydroxyl groups excluding tert-OH is 1. The lowest BCUT2D eigenvalue weighted by molar-refractivity contribution is 0.266. The maximum atomic E-state index is 11.9. The molecule has 0 amide bonds. The topological polar surface area (TPSA) is 93.2 Å². The molecule has 1 unspecified atom stereocenters. The molecular weight excluding hydrogens is 300 g/mol. The fourth-order valence-corrected chi connectivity index (χ4v) is 2.31. The lowest BCUT2D eigenvalue weighted by atomic mass is 10.2. The van der Waals surface area contributed by atoms with Crippen LogP contribution in [-0.4, -0.2) is 34.1 Å². The zero-order valence-corrected chi connectivity index (χ0v) is 11.6. The number of halogens is 1. The summed E-state index contributed by atoms with van der Waals surface area (Å²) in [6, 6.07) is 0.191. The molecule has 1 fully saturated rings. The number of nitrogens with one attached hydrogen (secondary N) is 1. The van der Waals surface area contributed by atoms with E-state index in [-0.39, 0.29) is 24.8 Å². The van der Waals surface area contributed by atoms with E-state index in [1.807, 2.05) is 0 Å². The van der Waals surface area contributed by atoms with Gasteiger partial charge in [-0.25, -0.2) is 4.68 Å². The molecule has 0 spiro atoms. The lowest BCUT2D eigenvalue weighted by Gasteiger charge is -2.18. The molecule has 1 aromatic heterocycles. The SMILES string of the molecule is NCC(Nc1cnn(CCO)c(=O)c1Br)C1CC1. The van der Waals surface area contributed by atoms with Gasteiger partial charge in [0.25, 0.3) is 5.56 Å². The van der Waals surface area contributed by atoms with Crippen molar-refractivity contribution in [3.8, 4) is 0 Å². The summed E-state index contributed by atoms with van der Waals surface area (Å²) in [7, 11) is 0. The van der Waals surface area contributed by atoms with E-state index in [4.69, 9.17) is 10.8 Å². The van der Waals surface area contributed by atoms with E-state index in [0.717, 1.165) is 0 Å². The zero-order chi connectivity index (χ0) is 13.1. The minimum Gasteiger partial charge on any atom is -0.394 e. The molecule has 0 radical (unpaired) electrons. The highest BCUT2D eigenvalue weighted by atomic mass is 79.9. The standard InChI is InChI=1S/C11H17BrN4O2/c12-10-9(15-8(5-13)7-1-2-7)6-14-16(3-4-17)11(10)18/h6-8,15,17H,1-5,13H2. The largest absolute Gasteiger partial charge is 0.394 e. The number of hydrogen-bond donors (Lipinski definition) is 3. The normalized spacial score (nSPS) is 16.6. The van der Waals surface area contributed by atoms with Gasteiger partial charge in [-0.1, -0.05) is 0 Å². The molecule has 1 saturated carbocycles. The molecule has 0 aromatic carbocycles. The van der Waals surface area contributed by atoms with Gasteiger partial charge in [-0.05, 0) is 34.7 Å². The van der Waals surface area contributed by atoms with Crippen LogP contribution in [0.15, 0.2) is 15.5 Å². The van der Waals surface area contributed by atoms with Crippen LogP contribution in [0.3, 0.4) is 0 Å². The van der Waals surface area contributed by atoms with Crippen molar-refractivity contribution in [3.63, 3.8) is 0 Å². The third-order valence-electron chi connectivity index (χ3n) is 3.08. The van der Waals surface area contributed by atoms with Crippen LogP contribution in [0.2, 0.25) is 0 Å². The van der Waals surface area contributed by atoms with Crippen LogP contribution in [0, 0.1) is 5.92 Å². The van der Waals surface area contributed by atoms with Crippen LogP contribution in [0.4, 0.5) is 5.69 Å². The maximum absolute atomic E-state index is 11.9. The van der Waals surface area contributed by atoms with Crippen molar-refractivity contribution < 1.29 is 5.11 Å². The Morgan fingerprint density at radius 3 is 2.94 bits per heavy atom. The van der Waals surface area contributed by atoms with E-state index >= 15 is 0 Å². The van der Waals surface area contributed by atoms with Gasteiger partial charge in [0.15, 0.2) is 0 Å². The summed E-state index contributed by atoms with van der Waals surface area (Å²) in [6.45, 7) is 0.622. The number of aliphatic hydroxyl groups is 1. The van der Waals surface area contributed by atoms with E-state index in [9.17, 15) is 4.79 Å². The van der Waals surface area contributed by atoms with E-state index in [2.05, 4.69) is 26.3 Å². The van der Waals surface area contributed by atoms with Crippen LogP contribution < -0.4 is 16.6 Å². The molecule has 100 valence electrons. The molecule has 1 heterocycles. The van der Waals surface area contributed by atoms with E-state index in [1.165, 1.54) is 17.5 Å². The summed E-state index contributed by atoms with van der Waals surface area (Å²) in [4.78, 5) is 11.9. The summed E-state index contributed by atoms with van der Waals surface area (Å²) in [5.74, 6) is 0.599. The van der Waals surface area contributed by atoms with Crippen molar-refractivity contribution in [1.29, 1.82) is 0 Å². The zero-order valence-electron chi connectivity index (χ0n) is 9.97. The molecule has 18 heavy (non-hydrogen) atoms. The highest BCUT2D eigenvalue weighted by Crippen LogP contribution is 2.34. The van der Waals surface area contributed by atoms with E-state index in [0.29, 0.717) is 22.6 Å². The average molecular weight is 317 g/mol. The lowest BCUT2D eigenvalue weighted by Crippen LogP contribution is -2.33. The van der Waals surface area contributed by atoms with Crippen molar-refractivity contribution >= 4 is 21.6 Å². The Morgan fingerprint density at radius 1 is 1.67 bits per heavy atom. The van der Waals surface area contributed by atoms with Gasteiger partial charge in [-0.15, -0.1) is 0 Å². The van der Waals surface area contributed by atoms with Crippen molar-refractivity contribution in [1.82, 2.24) is 9.78 Å². The third-order valence-corrected chi connectivity index (χ3v) is 3.85. The van der Waals surface area contributed by atoms with Crippen molar-refractivity contribution in [2.45, 2.75) is 25.4 Å². The predicted molar refractivity (Wildman–Crippen MR) is 72.5 cm³/mol. The summed E-state index contributed by atoms with van der Waals surface area (Å²) in [5.41, 5.74) is 6.13. The number of hydrogen-bond acceptors (Lipinski definition) is 5. The van der Waals surface area contributed by atoms with Gasteiger partial charge in [-0.3, -0.25) is 4.79 Å². The average Bonchev–Trinajstić information content (AvgIpc) is 3.19. The molecule has 4 N–H and O–H groups in total. The first kappa shape index (κ1) is 13.5. The molecular formula is C11H17BrN4O2. The van der Waals surface area contributed by atoms with E-state index < -0.39 is 0 Å². The number of aromatic nitrogens is 2. The molecule has 1 aliphatic carbocycles. The molecule has 6 nitrogen and oxygen atoms in total. The van der Waals surface area contributed by atoms with Crippen LogP contribution in [0.1, 0.15) is 12.8 Å². The Balaban J connectivity index is 2.18. The Morgan fingerprint density at radius 2 is 2.39 bits per heavy atom. The quantitative estimate of drug-likeness (QED) is 0.694. The van der Waals surface area contributed by atoms with Gasteiger partial charge < -0.3 is 16.2 Å². The van der Waals surface area contributed by atoms with Crippen molar-refractivity contribution in [2.75, 3.05) is 18.5 Å². The van der Waals surface area contributed by atoms with Crippen LogP contribution >= 0.6 is 15.9 Å². The monoisotopic (exact) mass is 316 g/mol. The maximum Gasteiger partial charge on any atom is 0.283 e. The van der Waals surface area contributed by atoms with Gasteiger partial charge >= 0.3 is 0 Å². The minimum absolute atomic E-state index is 0.111. The highest BCUT2D eigenvalue weighted by molar-refractivity contribution is 9.10. The summed E-state index contributed by atoms with van der Waals surface area (Å²) in [6.07, 6.45) is 3.95. The van der Waals surface area contributed by atoms with Crippen LogP contribution in [0.5, 0.6) is 0 Å². The van der Waals surface area contributed by atoms with Gasteiger partial charge in [0.2, 0.25) is 0 Å². The van der Waals surface area contributed by atoms with Gasteiger partial charge in [0.1, 0.15) is 4.47 Å². The molecule has 2 rings (SSSR count). The summed E-state index contributed by atoms with van der Waals surface area (Å²) >= 11 is 3.27. The second kappa shape index (κ2) is 5.81. The molecule has 7 heteroatoms. The van der Waals surface area contributed by atoms with E-state index in [1.54, 1.807) is 6.20 Å². The molecule has 0 saturated heterocycles. The molecule has 0 bridgehead atoms. The summed E-state index contributed by atoms with van der Waals surface area (Å²) < 4.78 is 1.66. The second-order valence-corrected chi connectivity index (χ2v) is 5.24. The fourth-order valence-electron chi connectivity index (χ4n) is 1.89. The van der Waals surface area contributed by atoms with Crippen molar-refractivity contribution in [2.24, 2.45) is 11.7 Å². The van der Waals surface area contributed by atoms with Gasteiger partial charge in [0.05, 0.1) is 25.0 Å². The Bertz CT molecular complexity index is 473. The number of anilines is 1. The second-order valence-electron chi connectivity index (χ2n) is 4.45. The first-order valence-electron chi connectivity index (χ1n) is 6.00. The Kier molecular flexibility index (Phi) is 4.36. The fraction of sp³-hybridized carbons (Fsp3) is 0.636. The number of rotatable bonds is 6. The molecule has 1 aliphatic rings. The number of nitrogens with two attached hydrogens (primary N) is 1. The minimum atomic E-state index is -0.249. The number of nitrogens with zero attached hydrogens (tertiary/aromatic N) is 2. The predicted octanol–water partition coefficient (Wildman–Crippen LogP) is 0.147. The van der Waals surface area contributed by atoms with Crippen LogP contribution in [0.25, 0.3) is 0 Å². The first-order valence-corrected chi connectivity index (χ1v) is 6.79. The third kappa shape index (κ3) is 2.90. The highest BCUT2D eigenvalue weighted by Gasteiger charge is 2.30. The van der Waals surface area contributed by atoms with Crippen LogP contribution in [-0.2, 0) is 6.54 Å². The smallest absolute Gasteiger partial charge is 0.283 e. The van der Waals surface area contributed by atoms with Gasteiger partial charge in [-0.2, -0.15) is 5.10 Å². The first-order chi connectivity index (χ1) is 8.67. The van der Waals surface area contributed by atoms with Gasteiger partial charge in [0, 0.05) is 12.6 Å². The molecule has 1 aromatic rings. The summed E-state index contributed by atoms with van der Waals surface area (Å²) in [5, 5.41) is 16.1. The molecule has 1 atom stereocenters. The Hall–Kier alpha value is -0.920.